The zero-order valence-electron chi connectivity index (χ0n) is 27.2. The average molecular weight is 637 g/mol. The van der Waals surface area contributed by atoms with Crippen LogP contribution in [0.4, 0.5) is 22.9 Å². The van der Waals surface area contributed by atoms with Crippen LogP contribution in [-0.4, -0.2) is 82.6 Å². The number of aromatic nitrogens is 3. The molecule has 1 saturated heterocycles. The molecule has 12 nitrogen and oxygen atoms in total. The molecule has 0 spiro atoms. The maximum absolute atomic E-state index is 13.4. The number of pyridine rings is 1. The van der Waals surface area contributed by atoms with Crippen LogP contribution in [0.25, 0.3) is 11.3 Å². The van der Waals surface area contributed by atoms with Crippen molar-refractivity contribution >= 4 is 34.6 Å². The molecular formula is C35H40N8O4. The number of hydrogen-bond acceptors (Lipinski definition) is 11. The van der Waals surface area contributed by atoms with Crippen LogP contribution in [0.5, 0.6) is 0 Å². The van der Waals surface area contributed by atoms with Gasteiger partial charge in [0.25, 0.3) is 5.56 Å². The van der Waals surface area contributed by atoms with Crippen LogP contribution >= 0.6 is 0 Å². The summed E-state index contributed by atoms with van der Waals surface area (Å²) in [5.74, 6) is 0.259. The van der Waals surface area contributed by atoms with Gasteiger partial charge in [0.2, 0.25) is 5.78 Å². The highest BCUT2D eigenvalue weighted by molar-refractivity contribution is 6.11. The van der Waals surface area contributed by atoms with Crippen LogP contribution in [0.3, 0.4) is 0 Å². The Morgan fingerprint density at radius 1 is 0.979 bits per heavy atom. The number of rotatable bonds is 7. The van der Waals surface area contributed by atoms with Crippen LogP contribution in [0, 0.1) is 0 Å². The van der Waals surface area contributed by atoms with Gasteiger partial charge in [0.05, 0.1) is 17.6 Å². The number of ketones is 1. The Balaban J connectivity index is 1.20. The number of fused-ring (bicyclic) bond motifs is 2. The third-order valence-electron chi connectivity index (χ3n) is 9.50. The number of carbonyl (C=O) groups is 2. The van der Waals surface area contributed by atoms with E-state index in [-0.39, 0.29) is 17.9 Å². The van der Waals surface area contributed by atoms with Crippen molar-refractivity contribution in [2.45, 2.75) is 39.2 Å². The second-order valence-electron chi connectivity index (χ2n) is 12.6. The van der Waals surface area contributed by atoms with E-state index in [1.807, 2.05) is 42.7 Å². The molecule has 0 unspecified atom stereocenters. The average Bonchev–Trinajstić information content (AvgIpc) is 3.37. The highest BCUT2D eigenvalue weighted by Gasteiger charge is 2.38. The molecule has 1 N–H and O–H groups in total. The molecule has 1 fully saturated rings. The standard InChI is InChI=1S/C35H40N8O4/c1-23(44)47-22-27-25(8-6-10-30(27)42-17-18-43-31-9-5-4-7-26(31)34(45)32(43)21-42)28-19-29(35(46)40(3)38-28)37-33-12-11-24(20-36-33)41-15-13-39(2)14-16-41/h6,8,10-12,19-21H,4-5,7,9,13-18,22H2,1-3H3,(H,36,37). The first-order valence-corrected chi connectivity index (χ1v) is 16.3. The zero-order chi connectivity index (χ0) is 32.7. The minimum absolute atomic E-state index is 0.00944. The molecule has 0 bridgehead atoms. The van der Waals surface area contributed by atoms with Crippen molar-refractivity contribution in [1.29, 1.82) is 0 Å². The number of esters is 1. The normalized spacial score (nSPS) is 18.2. The Morgan fingerprint density at radius 2 is 1.79 bits per heavy atom. The monoisotopic (exact) mass is 636 g/mol. The Hall–Kier alpha value is -4.97. The molecular weight excluding hydrogens is 596 g/mol. The van der Waals surface area contributed by atoms with Crippen LogP contribution in [0.15, 0.2) is 70.6 Å². The molecule has 0 atom stereocenters. The third kappa shape index (κ3) is 6.00. The molecule has 3 aromatic rings. The largest absolute Gasteiger partial charge is 0.461 e. The summed E-state index contributed by atoms with van der Waals surface area (Å²) in [6.07, 6.45) is 7.69. The smallest absolute Gasteiger partial charge is 0.302 e. The molecule has 244 valence electrons. The van der Waals surface area contributed by atoms with E-state index < -0.39 is 5.97 Å². The summed E-state index contributed by atoms with van der Waals surface area (Å²) in [4.78, 5) is 52.1. The predicted molar refractivity (Wildman–Crippen MR) is 180 cm³/mol. The van der Waals surface area contributed by atoms with E-state index in [1.165, 1.54) is 17.3 Å². The molecule has 4 aliphatic rings. The summed E-state index contributed by atoms with van der Waals surface area (Å²) >= 11 is 0. The quantitative estimate of drug-likeness (QED) is 0.382. The summed E-state index contributed by atoms with van der Waals surface area (Å²) in [5, 5.41) is 7.80. The molecule has 1 aliphatic carbocycles. The second kappa shape index (κ2) is 12.7. The molecule has 47 heavy (non-hydrogen) atoms. The highest BCUT2D eigenvalue weighted by Crippen LogP contribution is 2.41. The number of allylic oxidation sites excluding steroid dienone is 2. The van der Waals surface area contributed by atoms with E-state index in [0.29, 0.717) is 36.0 Å². The van der Waals surface area contributed by atoms with Gasteiger partial charge in [-0.3, -0.25) is 14.4 Å². The Kier molecular flexibility index (Phi) is 8.27. The molecule has 2 aromatic heterocycles. The number of anilines is 4. The van der Waals surface area contributed by atoms with E-state index in [1.54, 1.807) is 13.1 Å². The van der Waals surface area contributed by atoms with Crippen LogP contribution in [0.1, 0.15) is 38.2 Å². The highest BCUT2D eigenvalue weighted by atomic mass is 16.5. The van der Waals surface area contributed by atoms with Crippen molar-refractivity contribution < 1.29 is 14.3 Å². The summed E-state index contributed by atoms with van der Waals surface area (Å²) in [6, 6.07) is 11.4. The van der Waals surface area contributed by atoms with Crippen LogP contribution in [-0.2, 0) is 28.0 Å². The van der Waals surface area contributed by atoms with E-state index in [9.17, 15) is 14.4 Å². The molecule has 12 heteroatoms. The number of nitrogens with zero attached hydrogens (tertiary/aromatic N) is 7. The fourth-order valence-corrected chi connectivity index (χ4v) is 6.94. The molecule has 0 amide bonds. The number of nitrogens with one attached hydrogen (secondary N) is 1. The fraction of sp³-hybridized carbons (Fsp3) is 0.400. The maximum Gasteiger partial charge on any atom is 0.302 e. The summed E-state index contributed by atoms with van der Waals surface area (Å²) in [6.45, 7) is 6.63. The number of hydrogen-bond donors (Lipinski definition) is 1. The molecule has 1 aromatic carbocycles. The number of ether oxygens (including phenoxy) is 1. The lowest BCUT2D eigenvalue weighted by Gasteiger charge is -2.35. The topological polar surface area (TPSA) is 116 Å². The first kappa shape index (κ1) is 30.7. The van der Waals surface area contributed by atoms with Gasteiger partial charge in [-0.25, -0.2) is 9.67 Å². The lowest BCUT2D eigenvalue weighted by atomic mass is 9.96. The zero-order valence-corrected chi connectivity index (χ0v) is 27.2. The SMILES string of the molecule is CC(=O)OCc1c(-c2cc(Nc3ccc(N4CCN(C)CC4)cn3)c(=O)n(C)n2)cccc1N1C=C2C(=O)C3=C(CCCC3)N2CC1. The molecule has 0 radical (unpaired) electrons. The van der Waals surface area contributed by atoms with E-state index in [0.717, 1.165) is 79.9 Å². The van der Waals surface area contributed by atoms with Gasteiger partial charge in [0, 0.05) is 87.5 Å². The molecule has 3 aliphatic heterocycles. The van der Waals surface area contributed by atoms with Crippen molar-refractivity contribution in [3.63, 3.8) is 0 Å². The summed E-state index contributed by atoms with van der Waals surface area (Å²) in [5.41, 5.74) is 6.72. The van der Waals surface area contributed by atoms with Crippen molar-refractivity contribution in [3.05, 3.63) is 81.7 Å². The van der Waals surface area contributed by atoms with E-state index in [2.05, 4.69) is 42.0 Å². The van der Waals surface area contributed by atoms with Gasteiger partial charge in [-0.2, -0.15) is 5.10 Å². The van der Waals surface area contributed by atoms with Crippen LogP contribution in [0.2, 0.25) is 0 Å². The van der Waals surface area contributed by atoms with Crippen LogP contribution < -0.4 is 20.7 Å². The maximum atomic E-state index is 13.4. The summed E-state index contributed by atoms with van der Waals surface area (Å²) in [7, 11) is 3.74. The Labute approximate surface area is 273 Å². The van der Waals surface area contributed by atoms with E-state index >= 15 is 0 Å². The lowest BCUT2D eigenvalue weighted by molar-refractivity contribution is -0.142. The van der Waals surface area contributed by atoms with E-state index in [4.69, 9.17) is 4.74 Å². The van der Waals surface area contributed by atoms with Gasteiger partial charge >= 0.3 is 5.97 Å². The number of carbonyl (C=O) groups excluding carboxylic acids is 2. The van der Waals surface area contributed by atoms with Gasteiger partial charge in [0.1, 0.15) is 23.8 Å². The minimum Gasteiger partial charge on any atom is -0.461 e. The number of likely N-dealkylation sites (N-methyl/N-ethyl adjacent to an activating group) is 1. The fourth-order valence-electron chi connectivity index (χ4n) is 6.94. The number of aryl methyl sites for hydroxylation is 1. The Morgan fingerprint density at radius 3 is 2.55 bits per heavy atom. The number of Topliss-reactive ketones (excluding diaryl/α,β-unsaturated/α-hetero) is 1. The van der Waals surface area contributed by atoms with Crippen molar-refractivity contribution in [2.75, 3.05) is 61.4 Å². The summed E-state index contributed by atoms with van der Waals surface area (Å²) < 4.78 is 6.85. The lowest BCUT2D eigenvalue weighted by Crippen LogP contribution is -2.44. The predicted octanol–water partition coefficient (Wildman–Crippen LogP) is 3.78. The van der Waals surface area contributed by atoms with Crippen molar-refractivity contribution in [1.82, 2.24) is 24.6 Å². The third-order valence-corrected chi connectivity index (χ3v) is 9.50. The second-order valence-corrected chi connectivity index (χ2v) is 12.6. The first-order valence-electron chi connectivity index (χ1n) is 16.3. The van der Waals surface area contributed by atoms with Gasteiger partial charge in [0.15, 0.2) is 0 Å². The molecule has 5 heterocycles. The molecule has 0 saturated carbocycles. The van der Waals surface area contributed by atoms with Gasteiger partial charge in [-0.05, 0) is 57.0 Å². The molecule has 7 rings (SSSR count). The van der Waals surface area contributed by atoms with Gasteiger partial charge < -0.3 is 29.7 Å². The van der Waals surface area contributed by atoms with Gasteiger partial charge in [-0.15, -0.1) is 0 Å². The first-order chi connectivity index (χ1) is 22.8. The van der Waals surface area contributed by atoms with Crippen molar-refractivity contribution in [3.8, 4) is 11.3 Å². The Bertz CT molecular complexity index is 1840. The number of piperazine rings is 1. The van der Waals surface area contributed by atoms with Gasteiger partial charge in [-0.1, -0.05) is 12.1 Å². The minimum atomic E-state index is -0.404. The van der Waals surface area contributed by atoms with Crippen molar-refractivity contribution in [2.24, 2.45) is 7.05 Å². The number of benzene rings is 1.